The van der Waals surface area contributed by atoms with Gasteiger partial charge >= 0.3 is 5.97 Å². The Morgan fingerprint density at radius 2 is 1.95 bits per heavy atom. The molecular formula is C16H20N2O4. The van der Waals surface area contributed by atoms with Crippen molar-refractivity contribution in [2.45, 2.75) is 19.3 Å². The molecule has 0 saturated carbocycles. The van der Waals surface area contributed by atoms with Crippen LogP contribution in [0.1, 0.15) is 40.1 Å². The average Bonchev–Trinajstić information content (AvgIpc) is 3.05. The van der Waals surface area contributed by atoms with Gasteiger partial charge in [-0.05, 0) is 43.2 Å². The summed E-state index contributed by atoms with van der Waals surface area (Å²) >= 11 is 0. The third-order valence-electron chi connectivity index (χ3n) is 4.67. The Morgan fingerprint density at radius 1 is 1.18 bits per heavy atom. The molecule has 0 radical (unpaired) electrons. The van der Waals surface area contributed by atoms with Gasteiger partial charge in [-0.15, -0.1) is 0 Å². The molecule has 6 nitrogen and oxygen atoms in total. The van der Waals surface area contributed by atoms with Crippen LogP contribution < -0.4 is 0 Å². The number of carboxylic acids is 1. The van der Waals surface area contributed by atoms with Crippen molar-refractivity contribution in [1.82, 2.24) is 9.88 Å². The van der Waals surface area contributed by atoms with Gasteiger partial charge in [0.25, 0.3) is 5.91 Å². The minimum atomic E-state index is -1.08. The molecule has 22 heavy (non-hydrogen) atoms. The largest absolute Gasteiger partial charge is 0.477 e. The van der Waals surface area contributed by atoms with Gasteiger partial charge in [0, 0.05) is 32.5 Å². The van der Waals surface area contributed by atoms with Gasteiger partial charge in [0.1, 0.15) is 5.69 Å². The van der Waals surface area contributed by atoms with Crippen molar-refractivity contribution in [3.8, 4) is 0 Å². The van der Waals surface area contributed by atoms with Gasteiger partial charge in [0.05, 0.1) is 5.56 Å². The molecule has 1 aromatic heterocycles. The molecule has 0 bridgehead atoms. The van der Waals surface area contributed by atoms with E-state index in [1.54, 1.807) is 6.07 Å². The van der Waals surface area contributed by atoms with Gasteiger partial charge < -0.3 is 14.7 Å². The van der Waals surface area contributed by atoms with Crippen LogP contribution in [0.2, 0.25) is 0 Å². The Labute approximate surface area is 129 Å². The first-order valence-electron chi connectivity index (χ1n) is 7.71. The fraction of sp³-hybridized carbons (Fsp3) is 0.562. The molecular weight excluding hydrogens is 284 g/mol. The number of hydrogen-bond acceptors (Lipinski definition) is 4. The third kappa shape index (κ3) is 3.11. The van der Waals surface area contributed by atoms with Gasteiger partial charge in [-0.2, -0.15) is 0 Å². The molecule has 6 heteroatoms. The molecule has 1 N–H and O–H groups in total. The first kappa shape index (κ1) is 15.0. The van der Waals surface area contributed by atoms with Crippen LogP contribution in [0.15, 0.2) is 18.3 Å². The molecule has 0 spiro atoms. The van der Waals surface area contributed by atoms with E-state index in [0.717, 1.165) is 45.6 Å². The molecule has 2 fully saturated rings. The predicted molar refractivity (Wildman–Crippen MR) is 78.7 cm³/mol. The molecule has 0 aliphatic carbocycles. The number of pyridine rings is 1. The molecule has 1 aromatic rings. The van der Waals surface area contributed by atoms with Crippen LogP contribution >= 0.6 is 0 Å². The van der Waals surface area contributed by atoms with E-state index in [9.17, 15) is 9.59 Å². The molecule has 118 valence electrons. The summed E-state index contributed by atoms with van der Waals surface area (Å²) in [5.74, 6) is 0.0666. The number of aromatic carboxylic acids is 1. The lowest BCUT2D eigenvalue weighted by Gasteiger charge is -2.27. The van der Waals surface area contributed by atoms with Crippen LogP contribution in [0.25, 0.3) is 0 Å². The van der Waals surface area contributed by atoms with E-state index in [0.29, 0.717) is 17.4 Å². The molecule has 2 aliphatic heterocycles. The standard InChI is InChI=1S/C16H20N2O4/c19-15(12-1-2-14(16(20)21)17-9-12)18-6-3-13(10-18)11-4-7-22-8-5-11/h1-2,9,11,13H,3-8,10H2,(H,20,21). The first-order valence-corrected chi connectivity index (χ1v) is 7.71. The second-order valence-electron chi connectivity index (χ2n) is 5.99. The van der Waals surface area contributed by atoms with Gasteiger partial charge in [-0.1, -0.05) is 0 Å². The van der Waals surface area contributed by atoms with E-state index < -0.39 is 5.97 Å². The van der Waals surface area contributed by atoms with Crippen LogP contribution in [0.4, 0.5) is 0 Å². The van der Waals surface area contributed by atoms with Crippen molar-refractivity contribution in [3.05, 3.63) is 29.6 Å². The maximum atomic E-state index is 12.5. The van der Waals surface area contributed by atoms with E-state index in [1.165, 1.54) is 12.3 Å². The molecule has 1 amide bonds. The van der Waals surface area contributed by atoms with Crippen molar-refractivity contribution >= 4 is 11.9 Å². The number of nitrogens with zero attached hydrogens (tertiary/aromatic N) is 2. The summed E-state index contributed by atoms with van der Waals surface area (Å²) < 4.78 is 5.40. The highest BCUT2D eigenvalue weighted by Crippen LogP contribution is 2.31. The molecule has 2 aliphatic rings. The van der Waals surface area contributed by atoms with Crippen LogP contribution in [0, 0.1) is 11.8 Å². The fourth-order valence-electron chi connectivity index (χ4n) is 3.37. The highest BCUT2D eigenvalue weighted by molar-refractivity contribution is 5.95. The minimum absolute atomic E-state index is 0.0435. The Morgan fingerprint density at radius 3 is 2.59 bits per heavy atom. The smallest absolute Gasteiger partial charge is 0.354 e. The molecule has 2 saturated heterocycles. The lowest BCUT2D eigenvalue weighted by molar-refractivity contribution is 0.0471. The number of amides is 1. The van der Waals surface area contributed by atoms with Crippen LogP contribution in [0.5, 0.6) is 0 Å². The van der Waals surface area contributed by atoms with Crippen molar-refractivity contribution in [2.75, 3.05) is 26.3 Å². The Hall–Kier alpha value is -1.95. The summed E-state index contributed by atoms with van der Waals surface area (Å²) in [4.78, 5) is 28.9. The van der Waals surface area contributed by atoms with Crippen molar-refractivity contribution in [1.29, 1.82) is 0 Å². The maximum absolute atomic E-state index is 12.5. The van der Waals surface area contributed by atoms with Gasteiger partial charge in [-0.25, -0.2) is 9.78 Å². The quantitative estimate of drug-likeness (QED) is 0.919. The minimum Gasteiger partial charge on any atom is -0.477 e. The maximum Gasteiger partial charge on any atom is 0.354 e. The van der Waals surface area contributed by atoms with Crippen molar-refractivity contribution in [2.24, 2.45) is 11.8 Å². The molecule has 1 atom stereocenters. The van der Waals surface area contributed by atoms with Crippen molar-refractivity contribution in [3.63, 3.8) is 0 Å². The SMILES string of the molecule is O=C(O)c1ccc(C(=O)N2CCC(C3CCOCC3)C2)cn1. The Balaban J connectivity index is 1.62. The van der Waals surface area contributed by atoms with Gasteiger partial charge in [0.2, 0.25) is 0 Å². The van der Waals surface area contributed by atoms with E-state index in [1.807, 2.05) is 4.90 Å². The van der Waals surface area contributed by atoms with E-state index >= 15 is 0 Å². The first-order chi connectivity index (χ1) is 10.6. The monoisotopic (exact) mass is 304 g/mol. The second kappa shape index (κ2) is 6.44. The van der Waals surface area contributed by atoms with E-state index in [2.05, 4.69) is 4.98 Å². The highest BCUT2D eigenvalue weighted by Gasteiger charge is 2.33. The van der Waals surface area contributed by atoms with Gasteiger partial charge in [0.15, 0.2) is 0 Å². The fourth-order valence-corrected chi connectivity index (χ4v) is 3.37. The lowest BCUT2D eigenvalue weighted by Crippen LogP contribution is -2.31. The zero-order valence-corrected chi connectivity index (χ0v) is 12.4. The van der Waals surface area contributed by atoms with Crippen LogP contribution in [-0.2, 0) is 4.74 Å². The Bertz CT molecular complexity index is 552. The number of rotatable bonds is 3. The number of ether oxygens (including phenoxy) is 1. The van der Waals surface area contributed by atoms with Crippen LogP contribution in [0.3, 0.4) is 0 Å². The second-order valence-corrected chi connectivity index (χ2v) is 5.99. The summed E-state index contributed by atoms with van der Waals surface area (Å²) in [7, 11) is 0. The van der Waals surface area contributed by atoms with E-state index in [4.69, 9.17) is 9.84 Å². The average molecular weight is 304 g/mol. The zero-order chi connectivity index (χ0) is 15.5. The topological polar surface area (TPSA) is 79.7 Å². The summed E-state index contributed by atoms with van der Waals surface area (Å²) in [5, 5.41) is 8.84. The summed E-state index contributed by atoms with van der Waals surface area (Å²) in [6.07, 6.45) is 4.56. The lowest BCUT2D eigenvalue weighted by atomic mass is 9.85. The number of likely N-dealkylation sites (tertiary alicyclic amines) is 1. The van der Waals surface area contributed by atoms with Crippen LogP contribution in [-0.4, -0.2) is 53.2 Å². The molecule has 1 unspecified atom stereocenters. The molecule has 3 heterocycles. The summed E-state index contributed by atoms with van der Waals surface area (Å²) in [6, 6.07) is 2.92. The summed E-state index contributed by atoms with van der Waals surface area (Å²) in [5.41, 5.74) is 0.413. The number of carboxylic acid groups (broad SMARTS) is 1. The zero-order valence-electron chi connectivity index (χ0n) is 12.4. The third-order valence-corrected chi connectivity index (χ3v) is 4.67. The van der Waals surface area contributed by atoms with Crippen molar-refractivity contribution < 1.29 is 19.4 Å². The predicted octanol–water partition coefficient (Wildman–Crippen LogP) is 1.67. The number of aromatic nitrogens is 1. The number of carbonyl (C=O) groups excluding carboxylic acids is 1. The summed E-state index contributed by atoms with van der Waals surface area (Å²) in [6.45, 7) is 3.21. The van der Waals surface area contributed by atoms with Gasteiger partial charge in [-0.3, -0.25) is 4.79 Å². The van der Waals surface area contributed by atoms with E-state index in [-0.39, 0.29) is 11.6 Å². The number of hydrogen-bond donors (Lipinski definition) is 1. The normalized spacial score (nSPS) is 22.7. The molecule has 0 aromatic carbocycles. The highest BCUT2D eigenvalue weighted by atomic mass is 16.5. The number of carbonyl (C=O) groups is 2. The Kier molecular flexibility index (Phi) is 4.38. The molecule has 3 rings (SSSR count).